The van der Waals surface area contributed by atoms with Crippen LogP contribution in [0.25, 0.3) is 10.9 Å². The Hall–Kier alpha value is -1.85. The normalized spacial score (nSPS) is 10.8. The van der Waals surface area contributed by atoms with Gasteiger partial charge in [0.05, 0.1) is 6.54 Å². The molecule has 2 N–H and O–H groups in total. The third-order valence-electron chi connectivity index (χ3n) is 2.69. The number of rotatable bonds is 3. The molecule has 3 rings (SSSR count). The number of aromatic hydroxyl groups is 1. The number of phenolic OH excluding ortho intramolecular Hbond substituents is 1. The molecule has 1 aromatic carbocycles. The van der Waals surface area contributed by atoms with Gasteiger partial charge in [0.1, 0.15) is 17.1 Å². The lowest BCUT2D eigenvalue weighted by molar-refractivity contribution is 0.480. The number of phenols is 1. The van der Waals surface area contributed by atoms with E-state index in [-0.39, 0.29) is 11.0 Å². The highest BCUT2D eigenvalue weighted by Crippen LogP contribution is 2.28. The first-order valence-electron chi connectivity index (χ1n) is 5.65. The maximum Gasteiger partial charge on any atom is 0.225 e. The molecule has 0 saturated heterocycles. The van der Waals surface area contributed by atoms with E-state index in [1.807, 2.05) is 23.6 Å². The highest BCUT2D eigenvalue weighted by Gasteiger charge is 2.09. The number of aromatic nitrogens is 2. The number of benzene rings is 1. The van der Waals surface area contributed by atoms with Crippen molar-refractivity contribution in [3.63, 3.8) is 0 Å². The van der Waals surface area contributed by atoms with Gasteiger partial charge in [-0.15, -0.1) is 11.3 Å². The highest BCUT2D eigenvalue weighted by molar-refractivity contribution is 7.09. The second kappa shape index (κ2) is 5.03. The number of para-hydroxylation sites is 1. The van der Waals surface area contributed by atoms with Crippen LogP contribution in [0.4, 0.5) is 5.82 Å². The minimum atomic E-state index is 0.0981. The van der Waals surface area contributed by atoms with Crippen LogP contribution in [-0.4, -0.2) is 15.1 Å². The smallest absolute Gasteiger partial charge is 0.225 e. The second-order valence-electron chi connectivity index (χ2n) is 3.95. The largest absolute Gasteiger partial charge is 0.506 e. The summed E-state index contributed by atoms with van der Waals surface area (Å²) < 4.78 is 0. The lowest BCUT2D eigenvalue weighted by Crippen LogP contribution is -2.02. The van der Waals surface area contributed by atoms with Crippen molar-refractivity contribution in [1.82, 2.24) is 9.97 Å². The lowest BCUT2D eigenvalue weighted by Gasteiger charge is -2.08. The van der Waals surface area contributed by atoms with E-state index >= 15 is 0 Å². The van der Waals surface area contributed by atoms with Crippen LogP contribution in [0.3, 0.4) is 0 Å². The third-order valence-corrected chi connectivity index (χ3v) is 3.73. The summed E-state index contributed by atoms with van der Waals surface area (Å²) in [7, 11) is 0. The van der Waals surface area contributed by atoms with Crippen molar-refractivity contribution in [3.8, 4) is 5.75 Å². The molecule has 0 spiro atoms. The first-order chi connectivity index (χ1) is 9.24. The molecule has 2 heterocycles. The van der Waals surface area contributed by atoms with E-state index in [4.69, 9.17) is 11.6 Å². The van der Waals surface area contributed by atoms with Gasteiger partial charge in [-0.25, -0.2) is 9.97 Å². The maximum absolute atomic E-state index is 9.80. The number of hydrogen-bond donors (Lipinski definition) is 2. The summed E-state index contributed by atoms with van der Waals surface area (Å²) in [5.41, 5.74) is 0.455. The Morgan fingerprint density at radius 2 is 2.11 bits per heavy atom. The van der Waals surface area contributed by atoms with Crippen molar-refractivity contribution in [1.29, 1.82) is 0 Å². The molecule has 0 radical (unpaired) electrons. The summed E-state index contributed by atoms with van der Waals surface area (Å²) in [5, 5.41) is 15.9. The Morgan fingerprint density at radius 3 is 2.89 bits per heavy atom. The molecule has 2 aromatic heterocycles. The van der Waals surface area contributed by atoms with Crippen molar-refractivity contribution in [2.45, 2.75) is 6.54 Å². The maximum atomic E-state index is 9.80. The molecule has 96 valence electrons. The van der Waals surface area contributed by atoms with Crippen molar-refractivity contribution in [2.24, 2.45) is 0 Å². The van der Waals surface area contributed by atoms with Gasteiger partial charge >= 0.3 is 0 Å². The van der Waals surface area contributed by atoms with E-state index in [2.05, 4.69) is 15.3 Å². The van der Waals surface area contributed by atoms with E-state index in [0.29, 0.717) is 17.9 Å². The van der Waals surface area contributed by atoms with Crippen LogP contribution < -0.4 is 5.32 Å². The molecular formula is C13H10ClN3OS. The minimum Gasteiger partial charge on any atom is -0.506 e. The topological polar surface area (TPSA) is 58.0 Å². The monoisotopic (exact) mass is 291 g/mol. The first-order valence-corrected chi connectivity index (χ1v) is 6.91. The molecule has 0 bridgehead atoms. The Morgan fingerprint density at radius 1 is 1.21 bits per heavy atom. The van der Waals surface area contributed by atoms with Crippen LogP contribution >= 0.6 is 22.9 Å². The van der Waals surface area contributed by atoms with Crippen molar-refractivity contribution in [3.05, 3.63) is 45.9 Å². The number of fused-ring (bicyclic) bond motifs is 1. The lowest BCUT2D eigenvalue weighted by atomic mass is 10.2. The predicted octanol–water partition coefficient (Wildman–Crippen LogP) is 3.66. The molecule has 0 unspecified atom stereocenters. The standard InChI is InChI=1S/C13H10ClN3OS/c14-13-16-11-9(4-1-5-10(11)18)12(17-13)15-7-8-3-2-6-19-8/h1-6,18H,7H2,(H,15,16,17). The van der Waals surface area contributed by atoms with Gasteiger partial charge in [-0.3, -0.25) is 0 Å². The third kappa shape index (κ3) is 2.47. The van der Waals surface area contributed by atoms with Gasteiger partial charge in [-0.1, -0.05) is 12.1 Å². The minimum absolute atomic E-state index is 0.0981. The molecule has 0 atom stereocenters. The second-order valence-corrected chi connectivity index (χ2v) is 5.32. The summed E-state index contributed by atoms with van der Waals surface area (Å²) in [6, 6.07) is 9.22. The van der Waals surface area contributed by atoms with Crippen molar-refractivity contribution >= 4 is 39.7 Å². The van der Waals surface area contributed by atoms with E-state index in [1.54, 1.807) is 23.5 Å². The Labute approximate surface area is 118 Å². The van der Waals surface area contributed by atoms with Gasteiger partial charge in [0, 0.05) is 10.3 Å². The zero-order valence-corrected chi connectivity index (χ0v) is 11.4. The summed E-state index contributed by atoms with van der Waals surface area (Å²) in [5.74, 6) is 0.722. The van der Waals surface area contributed by atoms with E-state index in [0.717, 1.165) is 5.39 Å². The number of hydrogen-bond acceptors (Lipinski definition) is 5. The number of thiophene rings is 1. The Bertz CT molecular complexity index is 715. The van der Waals surface area contributed by atoms with Crippen LogP contribution in [0.15, 0.2) is 35.7 Å². The summed E-state index contributed by atoms with van der Waals surface area (Å²) >= 11 is 7.55. The number of nitrogens with one attached hydrogen (secondary N) is 1. The summed E-state index contributed by atoms with van der Waals surface area (Å²) in [6.45, 7) is 0.662. The SMILES string of the molecule is Oc1cccc2c(NCc3cccs3)nc(Cl)nc12. The molecule has 0 fully saturated rings. The van der Waals surface area contributed by atoms with Crippen LogP contribution in [0.2, 0.25) is 5.28 Å². The van der Waals surface area contributed by atoms with E-state index < -0.39 is 0 Å². The Balaban J connectivity index is 2.00. The molecular weight excluding hydrogens is 282 g/mol. The average molecular weight is 292 g/mol. The van der Waals surface area contributed by atoms with Gasteiger partial charge in [-0.05, 0) is 35.2 Å². The number of nitrogens with zero attached hydrogens (tertiary/aromatic N) is 2. The van der Waals surface area contributed by atoms with E-state index in [1.165, 1.54) is 4.88 Å². The van der Waals surface area contributed by atoms with Crippen LogP contribution in [0.5, 0.6) is 5.75 Å². The molecule has 0 saturated carbocycles. The molecule has 6 heteroatoms. The zero-order chi connectivity index (χ0) is 13.2. The molecule has 4 nitrogen and oxygen atoms in total. The number of anilines is 1. The predicted molar refractivity (Wildman–Crippen MR) is 77.9 cm³/mol. The highest BCUT2D eigenvalue weighted by atomic mass is 35.5. The van der Waals surface area contributed by atoms with Crippen LogP contribution in [0.1, 0.15) is 4.88 Å². The van der Waals surface area contributed by atoms with Gasteiger partial charge in [0.15, 0.2) is 0 Å². The molecule has 19 heavy (non-hydrogen) atoms. The molecule has 3 aromatic rings. The van der Waals surface area contributed by atoms with Crippen molar-refractivity contribution in [2.75, 3.05) is 5.32 Å². The fourth-order valence-corrected chi connectivity index (χ4v) is 2.64. The van der Waals surface area contributed by atoms with Gasteiger partial charge < -0.3 is 10.4 Å². The summed E-state index contributed by atoms with van der Waals surface area (Å²) in [4.78, 5) is 9.42. The van der Waals surface area contributed by atoms with Crippen LogP contribution in [-0.2, 0) is 6.54 Å². The van der Waals surface area contributed by atoms with Crippen molar-refractivity contribution < 1.29 is 5.11 Å². The molecule has 0 aliphatic carbocycles. The number of halogens is 1. The fraction of sp³-hybridized carbons (Fsp3) is 0.0769. The molecule has 0 aliphatic rings. The van der Waals surface area contributed by atoms with Crippen LogP contribution in [0, 0.1) is 0 Å². The van der Waals surface area contributed by atoms with Gasteiger partial charge in [-0.2, -0.15) is 0 Å². The summed E-state index contributed by atoms with van der Waals surface area (Å²) in [6.07, 6.45) is 0. The first kappa shape index (κ1) is 12.2. The average Bonchev–Trinajstić information content (AvgIpc) is 2.90. The van der Waals surface area contributed by atoms with E-state index in [9.17, 15) is 5.11 Å². The zero-order valence-electron chi connectivity index (χ0n) is 9.80. The quantitative estimate of drug-likeness (QED) is 0.723. The molecule has 0 amide bonds. The fourth-order valence-electron chi connectivity index (χ4n) is 1.83. The Kier molecular flexibility index (Phi) is 3.23. The van der Waals surface area contributed by atoms with Gasteiger partial charge in [0.25, 0.3) is 0 Å². The van der Waals surface area contributed by atoms with Gasteiger partial charge in [0.2, 0.25) is 5.28 Å². The molecule has 0 aliphatic heterocycles.